The molecular formula is C18H21N5OS. The lowest BCUT2D eigenvalue weighted by molar-refractivity contribution is 0.102. The van der Waals surface area contributed by atoms with Gasteiger partial charge in [-0.1, -0.05) is 0 Å². The molecule has 130 valence electrons. The van der Waals surface area contributed by atoms with Gasteiger partial charge < -0.3 is 4.98 Å². The Morgan fingerprint density at radius 2 is 2.36 bits per heavy atom. The number of ketones is 1. The number of thiophene rings is 1. The van der Waals surface area contributed by atoms with Gasteiger partial charge in [0, 0.05) is 43.5 Å². The number of carbonyl (C=O) groups excluding carboxylic acids is 1. The van der Waals surface area contributed by atoms with Gasteiger partial charge in [-0.25, -0.2) is 4.98 Å². The lowest BCUT2D eigenvalue weighted by Crippen LogP contribution is -2.35. The van der Waals surface area contributed by atoms with E-state index in [-0.39, 0.29) is 11.8 Å². The molecule has 0 radical (unpaired) electrons. The molecule has 0 bridgehead atoms. The van der Waals surface area contributed by atoms with Gasteiger partial charge >= 0.3 is 0 Å². The summed E-state index contributed by atoms with van der Waals surface area (Å²) in [5, 5.41) is 6.48. The standard InChI is InChI=1S/C18H21N5OS/c1-3-23-9-13(7-21-23)8-22-5-4-15-17(20-11-19-15)18(22)14-6-16(12(2)24)25-10-14/h6-7,9-11,18H,3-5,8H2,1-2H3,(H,19,20)/t18-/m0/s1. The number of hydrogen-bond donors (Lipinski definition) is 1. The van der Waals surface area contributed by atoms with Crippen LogP contribution in [0.2, 0.25) is 0 Å². The predicted molar refractivity (Wildman–Crippen MR) is 96.8 cm³/mol. The molecule has 4 heterocycles. The van der Waals surface area contributed by atoms with Crippen molar-refractivity contribution in [3.8, 4) is 0 Å². The van der Waals surface area contributed by atoms with Crippen LogP contribution in [0.5, 0.6) is 0 Å². The van der Waals surface area contributed by atoms with E-state index in [1.165, 1.54) is 22.6 Å². The van der Waals surface area contributed by atoms with Crippen molar-refractivity contribution >= 4 is 17.1 Å². The van der Waals surface area contributed by atoms with Crippen molar-refractivity contribution in [2.24, 2.45) is 0 Å². The Morgan fingerprint density at radius 3 is 3.08 bits per heavy atom. The molecule has 3 aromatic rings. The van der Waals surface area contributed by atoms with Crippen LogP contribution in [0.1, 0.15) is 52.1 Å². The topological polar surface area (TPSA) is 66.8 Å². The highest BCUT2D eigenvalue weighted by Crippen LogP contribution is 2.36. The Balaban J connectivity index is 1.68. The molecule has 1 aliphatic heterocycles. The number of nitrogens with one attached hydrogen (secondary N) is 1. The van der Waals surface area contributed by atoms with E-state index in [1.807, 2.05) is 16.9 Å². The number of H-pyrrole nitrogens is 1. The molecule has 0 aliphatic carbocycles. The number of aromatic amines is 1. The largest absolute Gasteiger partial charge is 0.348 e. The van der Waals surface area contributed by atoms with Gasteiger partial charge in [-0.05, 0) is 30.9 Å². The molecule has 0 saturated carbocycles. The molecule has 1 atom stereocenters. The number of carbonyl (C=O) groups is 1. The highest BCUT2D eigenvalue weighted by atomic mass is 32.1. The molecule has 0 spiro atoms. The van der Waals surface area contributed by atoms with Crippen molar-refractivity contribution in [3.63, 3.8) is 0 Å². The average Bonchev–Trinajstić information content (AvgIpc) is 3.34. The Kier molecular flexibility index (Phi) is 4.27. The van der Waals surface area contributed by atoms with Crippen LogP contribution in [-0.4, -0.2) is 37.0 Å². The number of imidazole rings is 1. The van der Waals surface area contributed by atoms with Crippen molar-refractivity contribution in [1.82, 2.24) is 24.6 Å². The summed E-state index contributed by atoms with van der Waals surface area (Å²) in [4.78, 5) is 22.8. The van der Waals surface area contributed by atoms with Crippen LogP contribution in [0.25, 0.3) is 0 Å². The molecule has 1 aliphatic rings. The van der Waals surface area contributed by atoms with Gasteiger partial charge in [0.05, 0.1) is 29.1 Å². The first-order valence-electron chi connectivity index (χ1n) is 8.52. The zero-order valence-corrected chi connectivity index (χ0v) is 15.2. The maximum atomic E-state index is 11.7. The zero-order chi connectivity index (χ0) is 17.4. The van der Waals surface area contributed by atoms with Crippen molar-refractivity contribution < 1.29 is 4.79 Å². The van der Waals surface area contributed by atoms with E-state index in [0.717, 1.165) is 42.2 Å². The van der Waals surface area contributed by atoms with Crippen LogP contribution >= 0.6 is 11.3 Å². The van der Waals surface area contributed by atoms with Crippen LogP contribution in [-0.2, 0) is 19.5 Å². The lowest BCUT2D eigenvalue weighted by atomic mass is 9.97. The Hall–Kier alpha value is -2.25. The van der Waals surface area contributed by atoms with E-state index in [1.54, 1.807) is 13.3 Å². The minimum atomic E-state index is 0.0735. The molecule has 0 saturated heterocycles. The van der Waals surface area contributed by atoms with Crippen molar-refractivity contribution in [1.29, 1.82) is 0 Å². The normalized spacial score (nSPS) is 17.6. The summed E-state index contributed by atoms with van der Waals surface area (Å²) in [5.74, 6) is 0.116. The zero-order valence-electron chi connectivity index (χ0n) is 14.4. The third-order valence-electron chi connectivity index (χ3n) is 4.70. The molecule has 0 amide bonds. The van der Waals surface area contributed by atoms with Gasteiger partial charge in [0.15, 0.2) is 5.78 Å². The monoisotopic (exact) mass is 355 g/mol. The summed E-state index contributed by atoms with van der Waals surface area (Å²) in [7, 11) is 0. The molecule has 0 unspecified atom stereocenters. The van der Waals surface area contributed by atoms with E-state index in [0.29, 0.717) is 0 Å². The third kappa shape index (κ3) is 3.05. The smallest absolute Gasteiger partial charge is 0.169 e. The number of Topliss-reactive ketones (excluding diaryl/α,β-unsaturated/α-hetero) is 1. The maximum absolute atomic E-state index is 11.7. The maximum Gasteiger partial charge on any atom is 0.169 e. The second-order valence-electron chi connectivity index (χ2n) is 6.39. The second kappa shape index (κ2) is 6.57. The summed E-state index contributed by atoms with van der Waals surface area (Å²) in [5.41, 5.74) is 4.61. The summed E-state index contributed by atoms with van der Waals surface area (Å²) in [6.07, 6.45) is 6.77. The number of aryl methyl sites for hydroxylation is 1. The summed E-state index contributed by atoms with van der Waals surface area (Å²) in [6.45, 7) is 6.35. The van der Waals surface area contributed by atoms with Crippen LogP contribution in [0.4, 0.5) is 0 Å². The molecule has 7 heteroatoms. The molecular weight excluding hydrogens is 334 g/mol. The Labute approximate surface area is 150 Å². The number of aromatic nitrogens is 4. The van der Waals surface area contributed by atoms with E-state index < -0.39 is 0 Å². The quantitative estimate of drug-likeness (QED) is 0.715. The van der Waals surface area contributed by atoms with Crippen LogP contribution in [0.15, 0.2) is 30.2 Å². The van der Waals surface area contributed by atoms with Crippen LogP contribution in [0.3, 0.4) is 0 Å². The minimum absolute atomic E-state index is 0.0735. The van der Waals surface area contributed by atoms with E-state index in [2.05, 4.69) is 38.5 Å². The molecule has 1 N–H and O–H groups in total. The molecule has 3 aromatic heterocycles. The number of nitrogens with zero attached hydrogens (tertiary/aromatic N) is 4. The number of rotatable bonds is 5. The fourth-order valence-electron chi connectivity index (χ4n) is 3.44. The molecule has 6 nitrogen and oxygen atoms in total. The first-order chi connectivity index (χ1) is 12.2. The van der Waals surface area contributed by atoms with Crippen LogP contribution in [0, 0.1) is 0 Å². The minimum Gasteiger partial charge on any atom is -0.348 e. The van der Waals surface area contributed by atoms with E-state index >= 15 is 0 Å². The lowest BCUT2D eigenvalue weighted by Gasteiger charge is -2.34. The van der Waals surface area contributed by atoms with Gasteiger partial charge in [-0.15, -0.1) is 11.3 Å². The second-order valence-corrected chi connectivity index (χ2v) is 7.31. The predicted octanol–water partition coefficient (Wildman–Crippen LogP) is 3.04. The SMILES string of the molecule is CCn1cc(CN2CCc3[nH]cnc3[C@@H]2c2csc(C(C)=O)c2)cn1. The van der Waals surface area contributed by atoms with Crippen molar-refractivity contribution in [3.05, 3.63) is 57.6 Å². The first-order valence-corrected chi connectivity index (χ1v) is 9.40. The molecule has 4 rings (SSSR count). The Morgan fingerprint density at radius 1 is 1.48 bits per heavy atom. The number of hydrogen-bond acceptors (Lipinski definition) is 5. The first kappa shape index (κ1) is 16.2. The molecule has 0 aromatic carbocycles. The van der Waals surface area contributed by atoms with Crippen molar-refractivity contribution in [2.45, 2.75) is 39.4 Å². The highest BCUT2D eigenvalue weighted by molar-refractivity contribution is 7.12. The van der Waals surface area contributed by atoms with Gasteiger partial charge in [-0.2, -0.15) is 5.10 Å². The highest BCUT2D eigenvalue weighted by Gasteiger charge is 2.32. The summed E-state index contributed by atoms with van der Waals surface area (Å²) >= 11 is 1.51. The van der Waals surface area contributed by atoms with E-state index in [9.17, 15) is 4.79 Å². The van der Waals surface area contributed by atoms with E-state index in [4.69, 9.17) is 0 Å². The van der Waals surface area contributed by atoms with Gasteiger partial charge in [0.2, 0.25) is 0 Å². The van der Waals surface area contributed by atoms with Crippen LogP contribution < -0.4 is 0 Å². The Bertz CT molecular complexity index is 893. The average molecular weight is 355 g/mol. The fourth-order valence-corrected chi connectivity index (χ4v) is 4.27. The fraction of sp³-hybridized carbons (Fsp3) is 0.389. The molecule has 0 fully saturated rings. The third-order valence-corrected chi connectivity index (χ3v) is 5.75. The molecule has 25 heavy (non-hydrogen) atoms. The van der Waals surface area contributed by atoms with Gasteiger partial charge in [-0.3, -0.25) is 14.4 Å². The van der Waals surface area contributed by atoms with Crippen molar-refractivity contribution in [2.75, 3.05) is 6.54 Å². The number of fused-ring (bicyclic) bond motifs is 1. The summed E-state index contributed by atoms with van der Waals surface area (Å²) in [6, 6.07) is 2.09. The summed E-state index contributed by atoms with van der Waals surface area (Å²) < 4.78 is 1.95. The van der Waals surface area contributed by atoms with Gasteiger partial charge in [0.1, 0.15) is 0 Å². The van der Waals surface area contributed by atoms with Gasteiger partial charge in [0.25, 0.3) is 0 Å².